The standard InChI is InChI=1S/C34H46ClN3O4S/c1-8-10-11-12-13-22-38(32(40)28(21-23-43-7)36-33(41)42-34(4,5)6)30(26-19-17-25(9-2)18-20-26)31(39)37-29-24(3)15-14-16-27(29)35/h2,14-20,28,30H,8,10-13,21-23H2,1,3-7H3,(H,36,41)(H,37,39). The first kappa shape index (κ1) is 36.0. The summed E-state index contributed by atoms with van der Waals surface area (Å²) >= 11 is 8.05. The predicted molar refractivity (Wildman–Crippen MR) is 179 cm³/mol. The van der Waals surface area contributed by atoms with Gasteiger partial charge in [0.15, 0.2) is 0 Å². The minimum atomic E-state index is -1.00. The van der Waals surface area contributed by atoms with Crippen molar-refractivity contribution in [1.82, 2.24) is 10.2 Å². The number of para-hydroxylation sites is 1. The van der Waals surface area contributed by atoms with Gasteiger partial charge in [0.2, 0.25) is 5.91 Å². The van der Waals surface area contributed by atoms with Crippen LogP contribution >= 0.6 is 23.4 Å². The summed E-state index contributed by atoms with van der Waals surface area (Å²) in [4.78, 5) is 43.0. The Bertz CT molecular complexity index is 1230. The summed E-state index contributed by atoms with van der Waals surface area (Å²) < 4.78 is 5.49. The van der Waals surface area contributed by atoms with E-state index in [0.717, 1.165) is 31.2 Å². The van der Waals surface area contributed by atoms with Crippen molar-refractivity contribution in [2.24, 2.45) is 0 Å². The number of alkyl carbamates (subject to hydrolysis) is 1. The molecule has 0 bridgehead atoms. The maximum atomic E-state index is 14.4. The van der Waals surface area contributed by atoms with Crippen molar-refractivity contribution in [2.75, 3.05) is 23.9 Å². The van der Waals surface area contributed by atoms with Gasteiger partial charge in [-0.3, -0.25) is 9.59 Å². The molecule has 0 saturated carbocycles. The van der Waals surface area contributed by atoms with Crippen LogP contribution in [0.3, 0.4) is 0 Å². The number of rotatable bonds is 15. The summed E-state index contributed by atoms with van der Waals surface area (Å²) in [5, 5.41) is 6.17. The lowest BCUT2D eigenvalue weighted by molar-refractivity contribution is -0.141. The van der Waals surface area contributed by atoms with Crippen molar-refractivity contribution in [3.05, 3.63) is 64.2 Å². The van der Waals surface area contributed by atoms with E-state index in [2.05, 4.69) is 23.5 Å². The Morgan fingerprint density at radius 3 is 2.33 bits per heavy atom. The molecule has 0 aliphatic heterocycles. The molecule has 0 aliphatic rings. The van der Waals surface area contributed by atoms with Gasteiger partial charge < -0.3 is 20.3 Å². The Morgan fingerprint density at radius 1 is 1.07 bits per heavy atom. The van der Waals surface area contributed by atoms with Crippen LogP contribution in [0.5, 0.6) is 0 Å². The highest BCUT2D eigenvalue weighted by molar-refractivity contribution is 7.98. The number of aryl methyl sites for hydroxylation is 1. The first-order chi connectivity index (χ1) is 20.4. The van der Waals surface area contributed by atoms with Crippen LogP contribution in [0.15, 0.2) is 42.5 Å². The lowest BCUT2D eigenvalue weighted by Gasteiger charge is -2.35. The third-order valence-electron chi connectivity index (χ3n) is 6.81. The van der Waals surface area contributed by atoms with Gasteiger partial charge in [0, 0.05) is 12.1 Å². The Kier molecular flexibility index (Phi) is 15.0. The molecule has 2 atom stereocenters. The molecular formula is C34H46ClN3O4S. The number of hydrogen-bond acceptors (Lipinski definition) is 5. The van der Waals surface area contributed by atoms with Crippen LogP contribution in [-0.2, 0) is 14.3 Å². The zero-order valence-corrected chi connectivity index (χ0v) is 27.9. The zero-order valence-electron chi connectivity index (χ0n) is 26.3. The molecule has 0 aliphatic carbocycles. The number of thioether (sulfide) groups is 1. The molecule has 3 amide bonds. The van der Waals surface area contributed by atoms with E-state index in [-0.39, 0.29) is 5.91 Å². The maximum absolute atomic E-state index is 14.4. The Hall–Kier alpha value is -3.15. The van der Waals surface area contributed by atoms with Gasteiger partial charge in [-0.15, -0.1) is 6.42 Å². The van der Waals surface area contributed by atoms with Crippen LogP contribution in [0.4, 0.5) is 10.5 Å². The van der Waals surface area contributed by atoms with Gasteiger partial charge >= 0.3 is 6.09 Å². The molecule has 2 aromatic rings. The van der Waals surface area contributed by atoms with E-state index in [1.54, 1.807) is 67.8 Å². The van der Waals surface area contributed by atoms with E-state index in [4.69, 9.17) is 22.8 Å². The first-order valence-corrected chi connectivity index (χ1v) is 16.6. The molecule has 0 radical (unpaired) electrons. The third-order valence-corrected chi connectivity index (χ3v) is 7.77. The van der Waals surface area contributed by atoms with Gasteiger partial charge in [0.25, 0.3) is 5.91 Å². The molecule has 0 fully saturated rings. The molecule has 2 N–H and O–H groups in total. The van der Waals surface area contributed by atoms with Crippen molar-refractivity contribution >= 4 is 47.0 Å². The Balaban J connectivity index is 2.58. The first-order valence-electron chi connectivity index (χ1n) is 14.8. The number of ether oxygens (including phenoxy) is 1. The van der Waals surface area contributed by atoms with E-state index in [1.807, 2.05) is 25.3 Å². The number of terminal acetylenes is 1. The summed E-state index contributed by atoms with van der Waals surface area (Å²) in [7, 11) is 0. The Morgan fingerprint density at radius 2 is 1.74 bits per heavy atom. The van der Waals surface area contributed by atoms with Crippen LogP contribution < -0.4 is 10.6 Å². The van der Waals surface area contributed by atoms with Crippen molar-refractivity contribution in [2.45, 2.75) is 90.8 Å². The topological polar surface area (TPSA) is 87.7 Å². The molecule has 0 spiro atoms. The summed E-state index contributed by atoms with van der Waals surface area (Å²) in [6.07, 6.45) is 12.0. The third kappa shape index (κ3) is 11.8. The van der Waals surface area contributed by atoms with Crippen molar-refractivity contribution in [1.29, 1.82) is 0 Å². The van der Waals surface area contributed by atoms with Gasteiger partial charge in [-0.05, 0) is 81.9 Å². The second kappa shape index (κ2) is 17.8. The van der Waals surface area contributed by atoms with Gasteiger partial charge in [0.05, 0.1) is 10.7 Å². The average molecular weight is 628 g/mol. The normalized spacial score (nSPS) is 12.5. The summed E-state index contributed by atoms with van der Waals surface area (Å²) in [6, 6.07) is 10.5. The van der Waals surface area contributed by atoms with E-state index in [1.165, 1.54) is 0 Å². The van der Waals surface area contributed by atoms with Crippen LogP contribution in [0.25, 0.3) is 0 Å². The summed E-state index contributed by atoms with van der Waals surface area (Å²) in [5.74, 6) is 2.47. The molecular weight excluding hydrogens is 582 g/mol. The number of unbranched alkanes of at least 4 members (excludes halogenated alkanes) is 4. The second-order valence-electron chi connectivity index (χ2n) is 11.5. The van der Waals surface area contributed by atoms with E-state index < -0.39 is 29.7 Å². The van der Waals surface area contributed by atoms with Crippen LogP contribution in [0, 0.1) is 19.3 Å². The van der Waals surface area contributed by atoms with E-state index in [9.17, 15) is 14.4 Å². The minimum absolute atomic E-state index is 0.324. The van der Waals surface area contributed by atoms with Crippen LogP contribution in [0.2, 0.25) is 5.02 Å². The number of nitrogens with one attached hydrogen (secondary N) is 2. The highest BCUT2D eigenvalue weighted by Crippen LogP contribution is 2.30. The lowest BCUT2D eigenvalue weighted by atomic mass is 10.00. The number of amides is 3. The molecule has 2 aromatic carbocycles. The van der Waals surface area contributed by atoms with Gasteiger partial charge in [-0.2, -0.15) is 11.8 Å². The fraction of sp³-hybridized carbons (Fsp3) is 0.500. The number of hydrogen-bond donors (Lipinski definition) is 2. The molecule has 0 saturated heterocycles. The quantitative estimate of drug-likeness (QED) is 0.156. The summed E-state index contributed by atoms with van der Waals surface area (Å²) in [5.41, 5.74) is 1.81. The number of carbonyl (C=O) groups is 3. The van der Waals surface area contributed by atoms with Crippen LogP contribution in [-0.4, -0.2) is 53.0 Å². The van der Waals surface area contributed by atoms with Crippen molar-refractivity contribution in [3.8, 4) is 12.3 Å². The number of benzene rings is 2. The van der Waals surface area contributed by atoms with Crippen molar-refractivity contribution in [3.63, 3.8) is 0 Å². The molecule has 43 heavy (non-hydrogen) atoms. The molecule has 7 nitrogen and oxygen atoms in total. The fourth-order valence-electron chi connectivity index (χ4n) is 4.61. The predicted octanol–water partition coefficient (Wildman–Crippen LogP) is 7.75. The highest BCUT2D eigenvalue weighted by atomic mass is 35.5. The maximum Gasteiger partial charge on any atom is 0.408 e. The van der Waals surface area contributed by atoms with Crippen LogP contribution in [0.1, 0.15) is 89.0 Å². The van der Waals surface area contributed by atoms with Gasteiger partial charge in [0.1, 0.15) is 17.7 Å². The second-order valence-corrected chi connectivity index (χ2v) is 12.9. The van der Waals surface area contributed by atoms with Gasteiger partial charge in [-0.1, -0.05) is 74.4 Å². The highest BCUT2D eigenvalue weighted by Gasteiger charge is 2.36. The molecule has 2 rings (SSSR count). The molecule has 234 valence electrons. The minimum Gasteiger partial charge on any atom is -0.444 e. The number of carbonyl (C=O) groups excluding carboxylic acids is 3. The summed E-state index contributed by atoms with van der Waals surface area (Å²) in [6.45, 7) is 9.63. The average Bonchev–Trinajstić information content (AvgIpc) is 2.95. The Labute approximate surface area is 266 Å². The van der Waals surface area contributed by atoms with E-state index >= 15 is 0 Å². The van der Waals surface area contributed by atoms with Crippen molar-refractivity contribution < 1.29 is 19.1 Å². The lowest BCUT2D eigenvalue weighted by Crippen LogP contribution is -2.52. The van der Waals surface area contributed by atoms with E-state index in [0.29, 0.717) is 47.0 Å². The zero-order chi connectivity index (χ0) is 32.0. The molecule has 0 heterocycles. The molecule has 0 aromatic heterocycles. The number of anilines is 1. The SMILES string of the molecule is C#Cc1ccc(C(C(=O)Nc2c(C)cccc2Cl)N(CCCCCCC)C(=O)C(CCSC)NC(=O)OC(C)(C)C)cc1. The smallest absolute Gasteiger partial charge is 0.408 e. The largest absolute Gasteiger partial charge is 0.444 e. The van der Waals surface area contributed by atoms with Gasteiger partial charge in [-0.25, -0.2) is 4.79 Å². The number of nitrogens with zero attached hydrogens (tertiary/aromatic N) is 1. The molecule has 9 heteroatoms. The molecule has 2 unspecified atom stereocenters. The number of halogens is 1. The fourth-order valence-corrected chi connectivity index (χ4v) is 5.35. The monoisotopic (exact) mass is 627 g/mol.